The minimum Gasteiger partial charge on any atom is -0.369 e. The van der Waals surface area contributed by atoms with Crippen LogP contribution in [0.15, 0.2) is 36.9 Å². The highest BCUT2D eigenvalue weighted by Gasteiger charge is 2.31. The van der Waals surface area contributed by atoms with Gasteiger partial charge in [-0.15, -0.1) is 0 Å². The molecule has 3 nitrogen and oxygen atoms in total. The molecular formula is C15H17F3N2O. The summed E-state index contributed by atoms with van der Waals surface area (Å²) in [7, 11) is 0. The van der Waals surface area contributed by atoms with Gasteiger partial charge >= 0.3 is 6.18 Å². The predicted molar refractivity (Wildman–Crippen MR) is 75.0 cm³/mol. The first kappa shape index (κ1) is 15.4. The lowest BCUT2D eigenvalue weighted by Crippen LogP contribution is -2.47. The summed E-state index contributed by atoms with van der Waals surface area (Å²) in [5.74, 6) is -0.258. The number of alkyl halides is 3. The lowest BCUT2D eigenvalue weighted by Gasteiger charge is -2.34. The van der Waals surface area contributed by atoms with Gasteiger partial charge in [0.1, 0.15) is 0 Å². The Morgan fingerprint density at radius 1 is 1.43 bits per heavy atom. The number of hydrogen-bond donors (Lipinski definition) is 1. The van der Waals surface area contributed by atoms with Gasteiger partial charge in [0.2, 0.25) is 5.91 Å². The molecule has 1 aromatic rings. The lowest BCUT2D eigenvalue weighted by atomic mass is 10.0. The molecule has 2 rings (SSSR count). The van der Waals surface area contributed by atoms with Crippen molar-refractivity contribution in [1.82, 2.24) is 5.32 Å². The second-order valence-electron chi connectivity index (χ2n) is 5.05. The third-order valence-corrected chi connectivity index (χ3v) is 3.49. The Hall–Kier alpha value is -1.98. The number of anilines is 1. The van der Waals surface area contributed by atoms with E-state index in [0.29, 0.717) is 18.8 Å². The smallest absolute Gasteiger partial charge is 0.369 e. The monoisotopic (exact) mass is 298 g/mol. The van der Waals surface area contributed by atoms with Crippen LogP contribution in [-0.4, -0.2) is 25.0 Å². The summed E-state index contributed by atoms with van der Waals surface area (Å²) in [6.07, 6.45) is -1.52. The normalized spacial score (nSPS) is 19.2. The van der Waals surface area contributed by atoms with Crippen LogP contribution in [0.25, 0.3) is 0 Å². The quantitative estimate of drug-likeness (QED) is 0.870. The molecule has 1 unspecified atom stereocenters. The molecule has 0 aromatic heterocycles. The van der Waals surface area contributed by atoms with Crippen molar-refractivity contribution in [3.63, 3.8) is 0 Å². The van der Waals surface area contributed by atoms with Crippen molar-refractivity contribution in [3.8, 4) is 0 Å². The van der Waals surface area contributed by atoms with E-state index in [1.165, 1.54) is 12.1 Å². The van der Waals surface area contributed by atoms with Crippen LogP contribution in [0.5, 0.6) is 0 Å². The average Bonchev–Trinajstić information content (AvgIpc) is 2.46. The molecule has 0 aliphatic carbocycles. The first-order valence-corrected chi connectivity index (χ1v) is 6.75. The van der Waals surface area contributed by atoms with E-state index in [-0.39, 0.29) is 11.9 Å². The van der Waals surface area contributed by atoms with E-state index in [9.17, 15) is 18.0 Å². The zero-order chi connectivity index (χ0) is 15.5. The fraction of sp³-hybridized carbons (Fsp3) is 0.400. The third-order valence-electron chi connectivity index (χ3n) is 3.49. The maximum Gasteiger partial charge on any atom is 0.416 e. The number of benzene rings is 1. The molecule has 0 radical (unpaired) electrons. The van der Waals surface area contributed by atoms with Crippen molar-refractivity contribution in [3.05, 3.63) is 42.5 Å². The molecule has 0 saturated carbocycles. The summed E-state index contributed by atoms with van der Waals surface area (Å²) in [4.78, 5) is 13.2. The van der Waals surface area contributed by atoms with Crippen LogP contribution < -0.4 is 10.2 Å². The maximum absolute atomic E-state index is 12.7. The van der Waals surface area contributed by atoms with E-state index in [0.717, 1.165) is 25.0 Å². The van der Waals surface area contributed by atoms with Crippen LogP contribution in [-0.2, 0) is 11.0 Å². The van der Waals surface area contributed by atoms with Crippen molar-refractivity contribution in [2.75, 3.05) is 18.0 Å². The molecule has 0 spiro atoms. The summed E-state index contributed by atoms with van der Waals surface area (Å²) in [6, 6.07) is 5.21. The summed E-state index contributed by atoms with van der Waals surface area (Å²) < 4.78 is 38.2. The molecule has 21 heavy (non-hydrogen) atoms. The van der Waals surface area contributed by atoms with Crippen molar-refractivity contribution in [1.29, 1.82) is 0 Å². The zero-order valence-corrected chi connectivity index (χ0v) is 11.5. The summed E-state index contributed by atoms with van der Waals surface area (Å²) >= 11 is 0. The second kappa shape index (κ2) is 6.20. The molecular weight excluding hydrogens is 281 g/mol. The standard InChI is InChI=1S/C15H17F3N2O/c1-2-14(21)19-12-6-4-8-20(10-12)13-7-3-5-11(9-13)15(16,17)18/h2-3,5,7,9,12H,1,4,6,8,10H2,(H,19,21). The van der Waals surface area contributed by atoms with Gasteiger partial charge in [0.15, 0.2) is 0 Å². The topological polar surface area (TPSA) is 32.3 Å². The minimum absolute atomic E-state index is 0.0706. The van der Waals surface area contributed by atoms with Gasteiger partial charge in [0.25, 0.3) is 0 Å². The molecule has 6 heteroatoms. The number of hydrogen-bond acceptors (Lipinski definition) is 2. The van der Waals surface area contributed by atoms with Gasteiger partial charge in [-0.05, 0) is 37.1 Å². The number of carbonyl (C=O) groups is 1. The summed E-state index contributed by atoms with van der Waals surface area (Å²) in [5.41, 5.74) is -0.125. The number of piperidine rings is 1. The zero-order valence-electron chi connectivity index (χ0n) is 11.5. The second-order valence-corrected chi connectivity index (χ2v) is 5.05. The Labute approximate surface area is 121 Å². The average molecular weight is 298 g/mol. The van der Waals surface area contributed by atoms with E-state index < -0.39 is 11.7 Å². The Kier molecular flexibility index (Phi) is 4.55. The lowest BCUT2D eigenvalue weighted by molar-refractivity contribution is -0.137. The highest BCUT2D eigenvalue weighted by molar-refractivity contribution is 5.87. The van der Waals surface area contributed by atoms with Gasteiger partial charge in [0.05, 0.1) is 5.56 Å². The van der Waals surface area contributed by atoms with Crippen molar-refractivity contribution >= 4 is 11.6 Å². The Morgan fingerprint density at radius 3 is 2.86 bits per heavy atom. The van der Waals surface area contributed by atoms with Crippen molar-refractivity contribution in [2.24, 2.45) is 0 Å². The fourth-order valence-electron chi connectivity index (χ4n) is 2.47. The van der Waals surface area contributed by atoms with Crippen LogP contribution >= 0.6 is 0 Å². The molecule has 1 N–H and O–H groups in total. The van der Waals surface area contributed by atoms with Crippen LogP contribution in [0.1, 0.15) is 18.4 Å². The molecule has 0 bridgehead atoms. The first-order valence-electron chi connectivity index (χ1n) is 6.75. The summed E-state index contributed by atoms with van der Waals surface area (Å²) in [5, 5.41) is 2.79. The largest absolute Gasteiger partial charge is 0.416 e. The van der Waals surface area contributed by atoms with Gasteiger partial charge in [-0.25, -0.2) is 0 Å². The Bertz CT molecular complexity index is 528. The van der Waals surface area contributed by atoms with Crippen molar-refractivity contribution in [2.45, 2.75) is 25.1 Å². The van der Waals surface area contributed by atoms with Crippen LogP contribution in [0.4, 0.5) is 18.9 Å². The van der Waals surface area contributed by atoms with Crippen molar-refractivity contribution < 1.29 is 18.0 Å². The molecule has 1 aromatic carbocycles. The van der Waals surface area contributed by atoms with E-state index in [2.05, 4.69) is 11.9 Å². The molecule has 1 heterocycles. The van der Waals surface area contributed by atoms with E-state index >= 15 is 0 Å². The number of carbonyl (C=O) groups excluding carboxylic acids is 1. The number of amides is 1. The molecule has 114 valence electrons. The molecule has 1 aliphatic heterocycles. The van der Waals surface area contributed by atoms with E-state index in [1.54, 1.807) is 6.07 Å². The van der Waals surface area contributed by atoms with Gasteiger partial charge in [-0.2, -0.15) is 13.2 Å². The predicted octanol–water partition coefficient (Wildman–Crippen LogP) is 2.98. The summed E-state index contributed by atoms with van der Waals surface area (Å²) in [6.45, 7) is 4.57. The third kappa shape index (κ3) is 4.00. The SMILES string of the molecule is C=CC(=O)NC1CCCN(c2cccc(C(F)(F)F)c2)C1. The maximum atomic E-state index is 12.7. The molecule has 1 amide bonds. The van der Waals surface area contributed by atoms with Crippen LogP contribution in [0.3, 0.4) is 0 Å². The highest BCUT2D eigenvalue weighted by Crippen LogP contribution is 2.32. The van der Waals surface area contributed by atoms with E-state index in [4.69, 9.17) is 0 Å². The molecule has 1 aliphatic rings. The van der Waals surface area contributed by atoms with Gasteiger partial charge < -0.3 is 10.2 Å². The molecule has 1 fully saturated rings. The number of nitrogens with zero attached hydrogens (tertiary/aromatic N) is 1. The highest BCUT2D eigenvalue weighted by atomic mass is 19.4. The van der Waals surface area contributed by atoms with Gasteiger partial charge in [0, 0.05) is 24.8 Å². The number of halogens is 3. The fourth-order valence-corrected chi connectivity index (χ4v) is 2.47. The Morgan fingerprint density at radius 2 is 2.19 bits per heavy atom. The molecule has 1 atom stereocenters. The first-order chi connectivity index (χ1) is 9.90. The van der Waals surface area contributed by atoms with Gasteiger partial charge in [-0.1, -0.05) is 12.6 Å². The number of rotatable bonds is 3. The van der Waals surface area contributed by atoms with E-state index in [1.807, 2.05) is 4.90 Å². The molecule has 1 saturated heterocycles. The Balaban J connectivity index is 2.11. The minimum atomic E-state index is -4.34. The van der Waals surface area contributed by atoms with Crippen LogP contribution in [0.2, 0.25) is 0 Å². The van der Waals surface area contributed by atoms with Crippen LogP contribution in [0, 0.1) is 0 Å². The number of nitrogens with one attached hydrogen (secondary N) is 1. The van der Waals surface area contributed by atoms with Gasteiger partial charge in [-0.3, -0.25) is 4.79 Å².